The quantitative estimate of drug-likeness (QED) is 0.900. The Morgan fingerprint density at radius 1 is 1.16 bits per heavy atom. The first-order valence-corrected chi connectivity index (χ1v) is 7.02. The zero-order valence-corrected chi connectivity index (χ0v) is 11.6. The molecule has 1 fully saturated rings. The van der Waals surface area contributed by atoms with Crippen molar-refractivity contribution in [1.29, 1.82) is 0 Å². The smallest absolute Gasteiger partial charge is 0.160 e. The van der Waals surface area contributed by atoms with Crippen molar-refractivity contribution >= 4 is 5.69 Å². The third-order valence-electron chi connectivity index (χ3n) is 3.78. The molecule has 19 heavy (non-hydrogen) atoms. The summed E-state index contributed by atoms with van der Waals surface area (Å²) in [6, 6.07) is 4.93. The van der Waals surface area contributed by atoms with E-state index < -0.39 is 11.6 Å². The highest BCUT2D eigenvalue weighted by atomic mass is 19.2. The van der Waals surface area contributed by atoms with Crippen LogP contribution in [0.25, 0.3) is 0 Å². The molecule has 4 heteroatoms. The van der Waals surface area contributed by atoms with Crippen molar-refractivity contribution in [3.63, 3.8) is 0 Å². The number of benzene rings is 1. The molecule has 0 bridgehead atoms. The van der Waals surface area contributed by atoms with Crippen LogP contribution in [0.1, 0.15) is 33.1 Å². The molecule has 1 aromatic carbocycles. The Labute approximate surface area is 113 Å². The van der Waals surface area contributed by atoms with Gasteiger partial charge in [0.1, 0.15) is 0 Å². The van der Waals surface area contributed by atoms with E-state index in [9.17, 15) is 8.78 Å². The zero-order chi connectivity index (χ0) is 13.8. The fraction of sp³-hybridized carbons (Fsp3) is 0.600. The van der Waals surface area contributed by atoms with Gasteiger partial charge in [0, 0.05) is 30.4 Å². The Balaban J connectivity index is 1.94. The van der Waals surface area contributed by atoms with Crippen molar-refractivity contribution in [2.75, 3.05) is 18.4 Å². The average molecular weight is 268 g/mol. The van der Waals surface area contributed by atoms with Crippen LogP contribution in [-0.4, -0.2) is 30.1 Å². The molecule has 1 aromatic rings. The van der Waals surface area contributed by atoms with Crippen LogP contribution in [-0.2, 0) is 0 Å². The van der Waals surface area contributed by atoms with Crippen LogP contribution in [0.2, 0.25) is 0 Å². The standard InChI is InChI=1S/C15H22F2N2/c1-11(2)19-8-3-4-12(7-9-19)18-13-5-6-14(16)15(17)10-13/h5-6,10-12,18H,3-4,7-9H2,1-2H3. The second kappa shape index (κ2) is 6.33. The first-order chi connectivity index (χ1) is 9.06. The molecule has 106 valence electrons. The molecule has 1 N–H and O–H groups in total. The van der Waals surface area contributed by atoms with Crippen molar-refractivity contribution in [3.8, 4) is 0 Å². The molecular formula is C15H22F2N2. The topological polar surface area (TPSA) is 15.3 Å². The fourth-order valence-electron chi connectivity index (χ4n) is 2.60. The third-order valence-corrected chi connectivity index (χ3v) is 3.78. The molecule has 0 saturated carbocycles. The second-order valence-corrected chi connectivity index (χ2v) is 5.53. The van der Waals surface area contributed by atoms with Gasteiger partial charge in [-0.1, -0.05) is 0 Å². The van der Waals surface area contributed by atoms with Gasteiger partial charge in [0.25, 0.3) is 0 Å². The molecule has 0 aromatic heterocycles. The number of halogens is 2. The molecule has 1 aliphatic heterocycles. The SMILES string of the molecule is CC(C)N1CCCC(Nc2ccc(F)c(F)c2)CC1. The predicted octanol–water partition coefficient (Wildman–Crippen LogP) is 3.64. The van der Waals surface area contributed by atoms with Crippen molar-refractivity contribution < 1.29 is 8.78 Å². The molecule has 1 aliphatic rings. The van der Waals surface area contributed by atoms with Crippen LogP contribution >= 0.6 is 0 Å². The maximum Gasteiger partial charge on any atom is 0.160 e. The van der Waals surface area contributed by atoms with Crippen molar-refractivity contribution in [2.45, 2.75) is 45.2 Å². The van der Waals surface area contributed by atoms with E-state index in [0.717, 1.165) is 32.4 Å². The van der Waals surface area contributed by atoms with Gasteiger partial charge in [0.05, 0.1) is 0 Å². The minimum Gasteiger partial charge on any atom is -0.382 e. The second-order valence-electron chi connectivity index (χ2n) is 5.53. The first-order valence-electron chi connectivity index (χ1n) is 7.02. The van der Waals surface area contributed by atoms with E-state index in [1.54, 1.807) is 6.07 Å². The van der Waals surface area contributed by atoms with Gasteiger partial charge in [-0.3, -0.25) is 0 Å². The Bertz CT molecular complexity index is 421. The molecule has 0 radical (unpaired) electrons. The van der Waals surface area contributed by atoms with Gasteiger partial charge in [0.15, 0.2) is 11.6 Å². The van der Waals surface area contributed by atoms with Crippen molar-refractivity contribution in [1.82, 2.24) is 4.90 Å². The number of nitrogens with one attached hydrogen (secondary N) is 1. The maximum atomic E-state index is 13.2. The summed E-state index contributed by atoms with van der Waals surface area (Å²) >= 11 is 0. The van der Waals surface area contributed by atoms with Crippen LogP contribution in [0.3, 0.4) is 0 Å². The van der Waals surface area contributed by atoms with Crippen molar-refractivity contribution in [3.05, 3.63) is 29.8 Å². The third kappa shape index (κ3) is 3.90. The van der Waals surface area contributed by atoms with Crippen LogP contribution in [0, 0.1) is 11.6 Å². The summed E-state index contributed by atoms with van der Waals surface area (Å²) in [6.45, 7) is 6.60. The van der Waals surface area contributed by atoms with E-state index in [1.807, 2.05) is 0 Å². The monoisotopic (exact) mass is 268 g/mol. The largest absolute Gasteiger partial charge is 0.382 e. The molecule has 0 amide bonds. The molecule has 1 saturated heterocycles. The molecule has 2 rings (SSSR count). The number of hydrogen-bond acceptors (Lipinski definition) is 2. The van der Waals surface area contributed by atoms with E-state index in [2.05, 4.69) is 24.1 Å². The van der Waals surface area contributed by atoms with Crippen LogP contribution in [0.5, 0.6) is 0 Å². The van der Waals surface area contributed by atoms with Crippen molar-refractivity contribution in [2.24, 2.45) is 0 Å². The van der Waals surface area contributed by atoms with Crippen LogP contribution in [0.4, 0.5) is 14.5 Å². The van der Waals surface area contributed by atoms with E-state index in [0.29, 0.717) is 17.8 Å². The minimum atomic E-state index is -0.794. The molecule has 2 nitrogen and oxygen atoms in total. The average Bonchev–Trinajstić information content (AvgIpc) is 2.59. The van der Waals surface area contributed by atoms with Gasteiger partial charge < -0.3 is 10.2 Å². The summed E-state index contributed by atoms with van der Waals surface area (Å²) in [5.41, 5.74) is 0.668. The van der Waals surface area contributed by atoms with Gasteiger partial charge >= 0.3 is 0 Å². The van der Waals surface area contributed by atoms with Gasteiger partial charge in [0.2, 0.25) is 0 Å². The minimum absolute atomic E-state index is 0.341. The number of hydrogen-bond donors (Lipinski definition) is 1. The fourth-order valence-corrected chi connectivity index (χ4v) is 2.60. The summed E-state index contributed by atoms with van der Waals surface area (Å²) < 4.78 is 26.0. The lowest BCUT2D eigenvalue weighted by Gasteiger charge is -2.24. The van der Waals surface area contributed by atoms with Gasteiger partial charge in [-0.2, -0.15) is 0 Å². The zero-order valence-electron chi connectivity index (χ0n) is 11.6. The number of anilines is 1. The molecule has 0 spiro atoms. The Morgan fingerprint density at radius 3 is 2.63 bits per heavy atom. The Kier molecular flexibility index (Phi) is 4.75. The summed E-state index contributed by atoms with van der Waals surface area (Å²) in [5.74, 6) is -1.58. The predicted molar refractivity (Wildman–Crippen MR) is 74.3 cm³/mol. The molecule has 0 aliphatic carbocycles. The molecule has 1 unspecified atom stereocenters. The summed E-state index contributed by atoms with van der Waals surface area (Å²) in [6.07, 6.45) is 3.25. The lowest BCUT2D eigenvalue weighted by Crippen LogP contribution is -2.32. The number of likely N-dealkylation sites (tertiary alicyclic amines) is 1. The van der Waals surface area contributed by atoms with E-state index in [-0.39, 0.29) is 0 Å². The van der Waals surface area contributed by atoms with E-state index in [1.165, 1.54) is 12.1 Å². The lowest BCUT2D eigenvalue weighted by atomic mass is 10.1. The molecule has 1 heterocycles. The highest BCUT2D eigenvalue weighted by Crippen LogP contribution is 2.19. The summed E-state index contributed by atoms with van der Waals surface area (Å²) in [5, 5.41) is 3.32. The summed E-state index contributed by atoms with van der Waals surface area (Å²) in [7, 11) is 0. The van der Waals surface area contributed by atoms with Crippen LogP contribution in [0.15, 0.2) is 18.2 Å². The molecular weight excluding hydrogens is 246 g/mol. The first kappa shape index (κ1) is 14.3. The lowest BCUT2D eigenvalue weighted by molar-refractivity contribution is 0.230. The van der Waals surface area contributed by atoms with Crippen LogP contribution < -0.4 is 5.32 Å². The number of nitrogens with zero attached hydrogens (tertiary/aromatic N) is 1. The van der Waals surface area contributed by atoms with Gasteiger partial charge in [-0.15, -0.1) is 0 Å². The highest BCUT2D eigenvalue weighted by molar-refractivity contribution is 5.44. The maximum absolute atomic E-state index is 13.2. The van der Waals surface area contributed by atoms with Gasteiger partial charge in [-0.05, 0) is 51.8 Å². The van der Waals surface area contributed by atoms with Gasteiger partial charge in [-0.25, -0.2) is 8.78 Å². The van der Waals surface area contributed by atoms with E-state index in [4.69, 9.17) is 0 Å². The Morgan fingerprint density at radius 2 is 1.95 bits per heavy atom. The molecule has 1 atom stereocenters. The number of rotatable bonds is 3. The van der Waals surface area contributed by atoms with E-state index >= 15 is 0 Å². The Hall–Kier alpha value is -1.16. The summed E-state index contributed by atoms with van der Waals surface area (Å²) in [4.78, 5) is 2.47. The highest BCUT2D eigenvalue weighted by Gasteiger charge is 2.18. The normalized spacial score (nSPS) is 21.4.